The zero-order valence-electron chi connectivity index (χ0n) is 9.90. The van der Waals surface area contributed by atoms with E-state index in [0.717, 1.165) is 18.7 Å². The number of nitrogens with one attached hydrogen (secondary N) is 2. The van der Waals surface area contributed by atoms with Gasteiger partial charge in [0.1, 0.15) is 0 Å². The van der Waals surface area contributed by atoms with Crippen LogP contribution in [0.25, 0.3) is 0 Å². The van der Waals surface area contributed by atoms with Crippen molar-refractivity contribution in [2.75, 3.05) is 20.2 Å². The average Bonchev–Trinajstić information content (AvgIpc) is 2.31. The van der Waals surface area contributed by atoms with E-state index >= 15 is 0 Å². The van der Waals surface area contributed by atoms with Crippen LogP contribution in [0.5, 0.6) is 5.88 Å². The number of methoxy groups -OCH3 is 1. The summed E-state index contributed by atoms with van der Waals surface area (Å²) in [7, 11) is 1.58. The fourth-order valence-corrected chi connectivity index (χ4v) is 1.76. The Labute approximate surface area is 101 Å². The van der Waals surface area contributed by atoms with Gasteiger partial charge in [-0.15, -0.1) is 0 Å². The summed E-state index contributed by atoms with van der Waals surface area (Å²) in [5.74, 6) is 1.14. The standard InChI is InChI=1S/C12H17N3O2/c1-17-12-10(3-2-4-14-12)8-15-11(16)5-9-6-13-7-9/h2-4,9,13H,5-8H2,1H3,(H,15,16). The number of amides is 1. The fourth-order valence-electron chi connectivity index (χ4n) is 1.76. The van der Waals surface area contributed by atoms with Gasteiger partial charge in [0, 0.05) is 24.7 Å². The van der Waals surface area contributed by atoms with Gasteiger partial charge in [-0.2, -0.15) is 0 Å². The molecule has 1 aliphatic heterocycles. The summed E-state index contributed by atoms with van der Waals surface area (Å²) < 4.78 is 5.12. The smallest absolute Gasteiger partial charge is 0.220 e. The van der Waals surface area contributed by atoms with E-state index in [2.05, 4.69) is 15.6 Å². The summed E-state index contributed by atoms with van der Waals surface area (Å²) >= 11 is 0. The summed E-state index contributed by atoms with van der Waals surface area (Å²) in [5.41, 5.74) is 0.898. The maximum Gasteiger partial charge on any atom is 0.220 e. The number of hydrogen-bond donors (Lipinski definition) is 2. The van der Waals surface area contributed by atoms with E-state index in [0.29, 0.717) is 24.8 Å². The highest BCUT2D eigenvalue weighted by Gasteiger charge is 2.19. The van der Waals surface area contributed by atoms with Crippen LogP contribution in [0.4, 0.5) is 0 Å². The number of carbonyl (C=O) groups excluding carboxylic acids is 1. The summed E-state index contributed by atoms with van der Waals surface area (Å²) in [6, 6.07) is 3.73. The third-order valence-corrected chi connectivity index (χ3v) is 2.86. The molecule has 1 amide bonds. The summed E-state index contributed by atoms with van der Waals surface area (Å²) in [6.07, 6.45) is 2.26. The molecule has 17 heavy (non-hydrogen) atoms. The highest BCUT2D eigenvalue weighted by Crippen LogP contribution is 2.13. The van der Waals surface area contributed by atoms with E-state index in [1.165, 1.54) is 0 Å². The molecule has 1 aromatic rings. The molecule has 0 aromatic carbocycles. The molecule has 0 aliphatic carbocycles. The van der Waals surface area contributed by atoms with Crippen LogP contribution in [0.1, 0.15) is 12.0 Å². The molecule has 1 fully saturated rings. The van der Waals surface area contributed by atoms with E-state index in [-0.39, 0.29) is 5.91 Å². The first-order chi connectivity index (χ1) is 8.29. The van der Waals surface area contributed by atoms with Crippen LogP contribution in [-0.4, -0.2) is 31.1 Å². The largest absolute Gasteiger partial charge is 0.481 e. The topological polar surface area (TPSA) is 63.2 Å². The predicted octanol–water partition coefficient (Wildman–Crippen LogP) is 0.316. The van der Waals surface area contributed by atoms with Gasteiger partial charge in [0.2, 0.25) is 11.8 Å². The highest BCUT2D eigenvalue weighted by atomic mass is 16.5. The molecular formula is C12H17N3O2. The Morgan fingerprint density at radius 1 is 1.65 bits per heavy atom. The molecule has 0 radical (unpaired) electrons. The number of ether oxygens (including phenoxy) is 1. The van der Waals surface area contributed by atoms with Gasteiger partial charge in [0.15, 0.2) is 0 Å². The molecule has 2 heterocycles. The van der Waals surface area contributed by atoms with Gasteiger partial charge in [-0.25, -0.2) is 4.98 Å². The molecule has 0 spiro atoms. The van der Waals surface area contributed by atoms with Gasteiger partial charge < -0.3 is 15.4 Å². The van der Waals surface area contributed by atoms with Crippen LogP contribution in [-0.2, 0) is 11.3 Å². The minimum atomic E-state index is 0.0856. The number of pyridine rings is 1. The number of nitrogens with zero attached hydrogens (tertiary/aromatic N) is 1. The zero-order chi connectivity index (χ0) is 12.1. The first-order valence-electron chi connectivity index (χ1n) is 5.75. The molecule has 1 aromatic heterocycles. The van der Waals surface area contributed by atoms with Crippen molar-refractivity contribution in [3.63, 3.8) is 0 Å². The lowest BCUT2D eigenvalue weighted by atomic mass is 9.99. The first kappa shape index (κ1) is 11.9. The normalized spacial score (nSPS) is 15.1. The third kappa shape index (κ3) is 3.17. The molecule has 1 saturated heterocycles. The van der Waals surface area contributed by atoms with E-state index < -0.39 is 0 Å². The van der Waals surface area contributed by atoms with Crippen molar-refractivity contribution in [2.45, 2.75) is 13.0 Å². The Morgan fingerprint density at radius 2 is 2.47 bits per heavy atom. The number of carbonyl (C=O) groups is 1. The van der Waals surface area contributed by atoms with E-state index in [9.17, 15) is 4.79 Å². The Balaban J connectivity index is 1.81. The molecule has 2 rings (SSSR count). The second-order valence-corrected chi connectivity index (χ2v) is 4.18. The van der Waals surface area contributed by atoms with Gasteiger partial charge in [-0.3, -0.25) is 4.79 Å². The van der Waals surface area contributed by atoms with Crippen molar-refractivity contribution >= 4 is 5.91 Å². The van der Waals surface area contributed by atoms with Crippen molar-refractivity contribution in [2.24, 2.45) is 5.92 Å². The third-order valence-electron chi connectivity index (χ3n) is 2.86. The van der Waals surface area contributed by atoms with Crippen LogP contribution in [0.3, 0.4) is 0 Å². The first-order valence-corrected chi connectivity index (χ1v) is 5.75. The maximum absolute atomic E-state index is 11.6. The van der Waals surface area contributed by atoms with Crippen LogP contribution in [0.2, 0.25) is 0 Å². The molecule has 0 saturated carbocycles. The second kappa shape index (κ2) is 5.63. The fraction of sp³-hybridized carbons (Fsp3) is 0.500. The SMILES string of the molecule is COc1ncccc1CNC(=O)CC1CNC1. The number of hydrogen-bond acceptors (Lipinski definition) is 4. The second-order valence-electron chi connectivity index (χ2n) is 4.18. The minimum absolute atomic E-state index is 0.0856. The molecule has 2 N–H and O–H groups in total. The minimum Gasteiger partial charge on any atom is -0.481 e. The highest BCUT2D eigenvalue weighted by molar-refractivity contribution is 5.76. The molecular weight excluding hydrogens is 218 g/mol. The summed E-state index contributed by atoms with van der Waals surface area (Å²) in [4.78, 5) is 15.7. The number of aromatic nitrogens is 1. The van der Waals surface area contributed by atoms with Crippen molar-refractivity contribution in [3.05, 3.63) is 23.9 Å². The molecule has 0 bridgehead atoms. The Bertz CT molecular complexity index is 391. The van der Waals surface area contributed by atoms with Gasteiger partial charge in [0.05, 0.1) is 7.11 Å². The maximum atomic E-state index is 11.6. The molecule has 0 unspecified atom stereocenters. The van der Waals surface area contributed by atoms with Crippen molar-refractivity contribution in [1.82, 2.24) is 15.6 Å². The molecule has 5 nitrogen and oxygen atoms in total. The van der Waals surface area contributed by atoms with Crippen molar-refractivity contribution in [1.29, 1.82) is 0 Å². The molecule has 0 atom stereocenters. The lowest BCUT2D eigenvalue weighted by Crippen LogP contribution is -2.44. The van der Waals surface area contributed by atoms with Crippen molar-refractivity contribution in [3.8, 4) is 5.88 Å². The predicted molar refractivity (Wildman–Crippen MR) is 63.6 cm³/mol. The molecule has 5 heteroatoms. The van der Waals surface area contributed by atoms with Gasteiger partial charge in [-0.1, -0.05) is 6.07 Å². The molecule has 1 aliphatic rings. The molecule has 92 valence electrons. The zero-order valence-corrected chi connectivity index (χ0v) is 9.90. The van der Waals surface area contributed by atoms with Crippen LogP contribution in [0, 0.1) is 5.92 Å². The quantitative estimate of drug-likeness (QED) is 0.771. The Morgan fingerprint density at radius 3 is 3.12 bits per heavy atom. The van der Waals surface area contributed by atoms with Gasteiger partial charge in [0.25, 0.3) is 0 Å². The van der Waals surface area contributed by atoms with Crippen LogP contribution >= 0.6 is 0 Å². The Kier molecular flexibility index (Phi) is 3.93. The van der Waals surface area contributed by atoms with Crippen LogP contribution < -0.4 is 15.4 Å². The van der Waals surface area contributed by atoms with Gasteiger partial charge >= 0.3 is 0 Å². The van der Waals surface area contributed by atoms with Crippen LogP contribution in [0.15, 0.2) is 18.3 Å². The monoisotopic (exact) mass is 235 g/mol. The van der Waals surface area contributed by atoms with E-state index in [1.54, 1.807) is 13.3 Å². The summed E-state index contributed by atoms with van der Waals surface area (Å²) in [6.45, 7) is 2.36. The lowest BCUT2D eigenvalue weighted by molar-refractivity contribution is -0.122. The Hall–Kier alpha value is -1.62. The van der Waals surface area contributed by atoms with Gasteiger partial charge in [-0.05, 0) is 25.1 Å². The average molecular weight is 235 g/mol. The van der Waals surface area contributed by atoms with Crippen molar-refractivity contribution < 1.29 is 9.53 Å². The summed E-state index contributed by atoms with van der Waals surface area (Å²) in [5, 5.41) is 6.03. The van der Waals surface area contributed by atoms with E-state index in [1.807, 2.05) is 12.1 Å². The van der Waals surface area contributed by atoms with E-state index in [4.69, 9.17) is 4.74 Å². The number of rotatable bonds is 5. The lowest BCUT2D eigenvalue weighted by Gasteiger charge is -2.26.